The minimum absolute atomic E-state index is 0.0552. The summed E-state index contributed by atoms with van der Waals surface area (Å²) in [5, 5.41) is 18.8. The van der Waals surface area contributed by atoms with E-state index in [0.29, 0.717) is 19.4 Å². The fraction of sp³-hybridized carbons (Fsp3) is 0.500. The maximum atomic E-state index is 12.1. The first-order chi connectivity index (χ1) is 12.6. The third kappa shape index (κ3) is 7.22. The van der Waals surface area contributed by atoms with Crippen LogP contribution in [0.1, 0.15) is 31.2 Å². The Kier molecular flexibility index (Phi) is 8.71. The van der Waals surface area contributed by atoms with Crippen molar-refractivity contribution in [1.82, 2.24) is 4.90 Å². The Labute approximate surface area is 159 Å². The van der Waals surface area contributed by atoms with Gasteiger partial charge in [-0.2, -0.15) is 11.8 Å². The van der Waals surface area contributed by atoms with Crippen LogP contribution in [0.15, 0.2) is 42.5 Å². The molecule has 0 radical (unpaired) electrons. The molecule has 0 spiro atoms. The van der Waals surface area contributed by atoms with Crippen molar-refractivity contribution < 1.29 is 19.8 Å². The second kappa shape index (κ2) is 11.0. The summed E-state index contributed by atoms with van der Waals surface area (Å²) in [5.74, 6) is 0.303. The highest BCUT2D eigenvalue weighted by molar-refractivity contribution is 7.99. The van der Waals surface area contributed by atoms with E-state index in [1.165, 1.54) is 11.8 Å². The van der Waals surface area contributed by atoms with Crippen LogP contribution < -0.4 is 0 Å². The molecular formula is C20H27NO4S. The Balaban J connectivity index is 1.74. The Hall–Kier alpha value is -1.79. The number of carboxylic acid groups (broad SMARTS) is 1. The van der Waals surface area contributed by atoms with Crippen LogP contribution in [-0.4, -0.2) is 57.2 Å². The first-order valence-corrected chi connectivity index (χ1v) is 10.2. The van der Waals surface area contributed by atoms with Crippen LogP contribution >= 0.6 is 11.8 Å². The van der Waals surface area contributed by atoms with Gasteiger partial charge in [-0.25, -0.2) is 0 Å². The highest BCUT2D eigenvalue weighted by atomic mass is 32.2. The average Bonchev–Trinajstić information content (AvgIpc) is 2.97. The Morgan fingerprint density at radius 3 is 2.81 bits per heavy atom. The molecule has 26 heavy (non-hydrogen) atoms. The van der Waals surface area contributed by atoms with Crippen molar-refractivity contribution >= 4 is 23.6 Å². The molecule has 1 aliphatic heterocycles. The van der Waals surface area contributed by atoms with E-state index in [4.69, 9.17) is 5.11 Å². The molecule has 1 aliphatic rings. The van der Waals surface area contributed by atoms with Gasteiger partial charge in [0.1, 0.15) is 0 Å². The molecule has 1 aromatic carbocycles. The standard InChI is InChI=1S/C20H27NO4S/c22-18(14-16-6-2-1-3-7-16)10-8-17-9-11-19(23)21(17)12-4-5-13-26-15-20(24)25/h1-3,6-8,10,17-18,22H,4-5,9,11-15H2,(H,24,25)/t17-,18?/m0/s1. The molecule has 0 aromatic heterocycles. The van der Waals surface area contributed by atoms with Gasteiger partial charge in [-0.15, -0.1) is 0 Å². The predicted octanol–water partition coefficient (Wildman–Crippen LogP) is 2.74. The Morgan fingerprint density at radius 2 is 2.08 bits per heavy atom. The SMILES string of the molecule is O=C(O)CSCCCCN1C(=O)CC[C@@H]1C=CC(O)Cc1ccccc1. The highest BCUT2D eigenvalue weighted by Gasteiger charge is 2.28. The smallest absolute Gasteiger partial charge is 0.313 e. The lowest BCUT2D eigenvalue weighted by Crippen LogP contribution is -2.33. The van der Waals surface area contributed by atoms with Crippen molar-refractivity contribution in [3.05, 3.63) is 48.0 Å². The van der Waals surface area contributed by atoms with Gasteiger partial charge in [0, 0.05) is 19.4 Å². The molecule has 2 N–H and O–H groups in total. The summed E-state index contributed by atoms with van der Waals surface area (Å²) in [6, 6.07) is 9.90. The zero-order valence-corrected chi connectivity index (χ0v) is 15.7. The van der Waals surface area contributed by atoms with Gasteiger partial charge >= 0.3 is 5.97 Å². The summed E-state index contributed by atoms with van der Waals surface area (Å²) in [5.41, 5.74) is 1.09. The van der Waals surface area contributed by atoms with E-state index in [2.05, 4.69) is 0 Å². The van der Waals surface area contributed by atoms with Gasteiger partial charge in [-0.05, 0) is 30.6 Å². The van der Waals surface area contributed by atoms with Gasteiger partial charge in [-0.1, -0.05) is 42.5 Å². The lowest BCUT2D eigenvalue weighted by Gasteiger charge is -2.22. The molecule has 0 aliphatic carbocycles. The lowest BCUT2D eigenvalue weighted by atomic mass is 10.1. The second-order valence-corrected chi connectivity index (χ2v) is 7.59. The zero-order chi connectivity index (χ0) is 18.8. The molecular weight excluding hydrogens is 350 g/mol. The Bertz CT molecular complexity index is 605. The number of hydrogen-bond acceptors (Lipinski definition) is 4. The van der Waals surface area contributed by atoms with E-state index >= 15 is 0 Å². The van der Waals surface area contributed by atoms with Gasteiger partial charge in [0.15, 0.2) is 0 Å². The number of likely N-dealkylation sites (tertiary alicyclic amines) is 1. The van der Waals surface area contributed by atoms with Gasteiger partial charge in [-0.3, -0.25) is 9.59 Å². The number of benzene rings is 1. The number of carbonyl (C=O) groups is 2. The number of aliphatic carboxylic acids is 1. The number of nitrogens with zero attached hydrogens (tertiary/aromatic N) is 1. The highest BCUT2D eigenvalue weighted by Crippen LogP contribution is 2.21. The number of aliphatic hydroxyl groups is 1. The molecule has 5 nitrogen and oxygen atoms in total. The van der Waals surface area contributed by atoms with Crippen LogP contribution in [-0.2, 0) is 16.0 Å². The maximum Gasteiger partial charge on any atom is 0.313 e. The number of hydrogen-bond donors (Lipinski definition) is 2. The third-order valence-corrected chi connectivity index (χ3v) is 5.41. The molecule has 0 saturated carbocycles. The number of amides is 1. The van der Waals surface area contributed by atoms with E-state index in [1.54, 1.807) is 6.08 Å². The summed E-state index contributed by atoms with van der Waals surface area (Å²) in [7, 11) is 0. The number of aliphatic hydroxyl groups excluding tert-OH is 1. The minimum atomic E-state index is -0.788. The topological polar surface area (TPSA) is 77.8 Å². The summed E-state index contributed by atoms with van der Waals surface area (Å²) in [6.45, 7) is 0.691. The molecule has 2 rings (SSSR count). The van der Waals surface area contributed by atoms with Gasteiger partial charge in [0.25, 0.3) is 0 Å². The molecule has 0 bridgehead atoms. The van der Waals surface area contributed by atoms with E-state index in [1.807, 2.05) is 41.3 Å². The van der Waals surface area contributed by atoms with Crippen molar-refractivity contribution in [3.8, 4) is 0 Å². The average molecular weight is 378 g/mol. The molecule has 1 unspecified atom stereocenters. The molecule has 1 amide bonds. The second-order valence-electron chi connectivity index (χ2n) is 6.49. The molecule has 6 heteroatoms. The number of unbranched alkanes of at least 4 members (excludes halogenated alkanes) is 1. The van der Waals surface area contributed by atoms with Crippen molar-refractivity contribution in [3.63, 3.8) is 0 Å². The van der Waals surface area contributed by atoms with Gasteiger partial charge in [0.2, 0.25) is 5.91 Å². The quantitative estimate of drug-likeness (QED) is 0.458. The molecule has 1 aromatic rings. The summed E-state index contributed by atoms with van der Waals surface area (Å²) in [4.78, 5) is 24.4. The summed E-state index contributed by atoms with van der Waals surface area (Å²) >= 11 is 1.41. The number of carboxylic acids is 1. The molecule has 1 heterocycles. The fourth-order valence-corrected chi connectivity index (χ4v) is 3.80. The number of carbonyl (C=O) groups excluding carboxylic acids is 1. The van der Waals surface area contributed by atoms with Crippen LogP contribution in [0.25, 0.3) is 0 Å². The van der Waals surface area contributed by atoms with Gasteiger partial charge < -0.3 is 15.1 Å². The molecule has 2 atom stereocenters. The van der Waals surface area contributed by atoms with E-state index in [0.717, 1.165) is 30.6 Å². The first-order valence-electron chi connectivity index (χ1n) is 9.05. The van der Waals surface area contributed by atoms with Crippen LogP contribution in [0.4, 0.5) is 0 Å². The lowest BCUT2D eigenvalue weighted by molar-refractivity contribution is -0.134. The molecule has 1 fully saturated rings. The third-order valence-electron chi connectivity index (χ3n) is 4.38. The van der Waals surface area contributed by atoms with E-state index in [9.17, 15) is 14.7 Å². The van der Waals surface area contributed by atoms with Crippen molar-refractivity contribution in [2.45, 2.75) is 44.2 Å². The zero-order valence-electron chi connectivity index (χ0n) is 14.9. The van der Waals surface area contributed by atoms with Crippen molar-refractivity contribution in [2.75, 3.05) is 18.1 Å². The summed E-state index contributed by atoms with van der Waals surface area (Å²) < 4.78 is 0. The van der Waals surface area contributed by atoms with E-state index in [-0.39, 0.29) is 17.7 Å². The van der Waals surface area contributed by atoms with Crippen LogP contribution in [0.3, 0.4) is 0 Å². The van der Waals surface area contributed by atoms with E-state index < -0.39 is 12.1 Å². The monoisotopic (exact) mass is 377 g/mol. The number of thioether (sulfide) groups is 1. The van der Waals surface area contributed by atoms with Crippen LogP contribution in [0.2, 0.25) is 0 Å². The Morgan fingerprint density at radius 1 is 1.31 bits per heavy atom. The van der Waals surface area contributed by atoms with Gasteiger partial charge in [0.05, 0.1) is 17.9 Å². The normalized spacial score (nSPS) is 18.6. The fourth-order valence-electron chi connectivity index (χ4n) is 3.07. The largest absolute Gasteiger partial charge is 0.481 e. The molecule has 142 valence electrons. The maximum absolute atomic E-state index is 12.1. The van der Waals surface area contributed by atoms with Crippen LogP contribution in [0.5, 0.6) is 0 Å². The number of rotatable bonds is 11. The van der Waals surface area contributed by atoms with Crippen LogP contribution in [0, 0.1) is 0 Å². The summed E-state index contributed by atoms with van der Waals surface area (Å²) in [6.07, 6.45) is 6.88. The van der Waals surface area contributed by atoms with Crippen molar-refractivity contribution in [2.24, 2.45) is 0 Å². The van der Waals surface area contributed by atoms with Crippen molar-refractivity contribution in [1.29, 1.82) is 0 Å². The molecule has 1 saturated heterocycles. The minimum Gasteiger partial charge on any atom is -0.481 e. The first kappa shape index (κ1) is 20.5. The predicted molar refractivity (Wildman–Crippen MR) is 104 cm³/mol.